The van der Waals surface area contributed by atoms with Crippen LogP contribution in [-0.4, -0.2) is 43.7 Å². The van der Waals surface area contributed by atoms with Crippen molar-refractivity contribution in [3.8, 4) is 11.5 Å². The fraction of sp³-hybridized carbons (Fsp3) is 0.190. The normalized spacial score (nSPS) is 10.4. The van der Waals surface area contributed by atoms with E-state index in [0.717, 1.165) is 0 Å². The maximum absolute atomic E-state index is 12.1. The van der Waals surface area contributed by atoms with Gasteiger partial charge in [0.2, 0.25) is 0 Å². The second kappa shape index (κ2) is 9.41. The minimum atomic E-state index is -0.784. The van der Waals surface area contributed by atoms with Gasteiger partial charge in [-0.2, -0.15) is 0 Å². The number of nitrogens with one attached hydrogen (secondary N) is 2. The van der Waals surface area contributed by atoms with Crippen LogP contribution in [0.5, 0.6) is 11.5 Å². The van der Waals surface area contributed by atoms with Gasteiger partial charge in [-0.25, -0.2) is 4.79 Å². The Hall–Kier alpha value is -3.81. The average Bonchev–Trinajstić information content (AvgIpc) is 2.75. The van der Waals surface area contributed by atoms with Gasteiger partial charge in [-0.3, -0.25) is 9.59 Å². The Balaban J connectivity index is 1.46. The SMILES string of the molecule is COc1ccccc1OCCNC(=O)COC(=O)c1cc2ccccc2c(=O)[nH]1. The van der Waals surface area contributed by atoms with Crippen LogP contribution in [0.15, 0.2) is 59.4 Å². The van der Waals surface area contributed by atoms with E-state index in [9.17, 15) is 14.4 Å². The number of H-pyrrole nitrogens is 1. The number of hydrogen-bond donors (Lipinski definition) is 2. The van der Waals surface area contributed by atoms with Crippen LogP contribution in [0.3, 0.4) is 0 Å². The van der Waals surface area contributed by atoms with E-state index in [1.54, 1.807) is 43.5 Å². The topological polar surface area (TPSA) is 107 Å². The van der Waals surface area contributed by atoms with Crippen molar-refractivity contribution in [2.75, 3.05) is 26.9 Å². The molecule has 150 valence electrons. The number of carbonyl (C=O) groups excluding carboxylic acids is 2. The predicted octanol–water partition coefficient (Wildman–Crippen LogP) is 1.89. The molecule has 3 aromatic rings. The lowest BCUT2D eigenvalue weighted by atomic mass is 10.1. The molecule has 29 heavy (non-hydrogen) atoms. The minimum Gasteiger partial charge on any atom is -0.493 e. The second-order valence-electron chi connectivity index (χ2n) is 6.02. The summed E-state index contributed by atoms with van der Waals surface area (Å²) in [5.74, 6) is -0.105. The number of aromatic nitrogens is 1. The van der Waals surface area contributed by atoms with Crippen molar-refractivity contribution < 1.29 is 23.8 Å². The number of rotatable bonds is 8. The highest BCUT2D eigenvalue weighted by molar-refractivity contribution is 5.94. The number of pyridine rings is 1. The van der Waals surface area contributed by atoms with Crippen LogP contribution >= 0.6 is 0 Å². The number of carbonyl (C=O) groups is 2. The van der Waals surface area contributed by atoms with Crippen LogP contribution in [0.1, 0.15) is 10.5 Å². The van der Waals surface area contributed by atoms with Gasteiger partial charge in [0.25, 0.3) is 11.5 Å². The van der Waals surface area contributed by atoms with Crippen molar-refractivity contribution in [3.05, 3.63) is 70.6 Å². The Bertz CT molecular complexity index is 1080. The smallest absolute Gasteiger partial charge is 0.355 e. The molecule has 0 bridgehead atoms. The van der Waals surface area contributed by atoms with Gasteiger partial charge in [-0.05, 0) is 29.7 Å². The Morgan fingerprint density at radius 1 is 1.03 bits per heavy atom. The van der Waals surface area contributed by atoms with Crippen molar-refractivity contribution in [3.63, 3.8) is 0 Å². The predicted molar refractivity (Wildman–Crippen MR) is 106 cm³/mol. The average molecular weight is 396 g/mol. The maximum atomic E-state index is 12.1. The summed E-state index contributed by atoms with van der Waals surface area (Å²) in [5, 5.41) is 3.67. The van der Waals surface area contributed by atoms with Crippen LogP contribution in [-0.2, 0) is 9.53 Å². The molecule has 1 amide bonds. The molecule has 2 N–H and O–H groups in total. The number of methoxy groups -OCH3 is 1. The lowest BCUT2D eigenvalue weighted by Gasteiger charge is -2.11. The van der Waals surface area contributed by atoms with E-state index in [-0.39, 0.29) is 18.8 Å². The zero-order valence-electron chi connectivity index (χ0n) is 15.8. The van der Waals surface area contributed by atoms with Crippen LogP contribution in [0.4, 0.5) is 0 Å². The van der Waals surface area contributed by atoms with Gasteiger partial charge in [0.1, 0.15) is 12.3 Å². The monoisotopic (exact) mass is 396 g/mol. The number of amides is 1. The Kier molecular flexibility index (Phi) is 6.47. The molecule has 0 aliphatic rings. The Morgan fingerprint density at radius 3 is 2.55 bits per heavy atom. The molecule has 0 saturated carbocycles. The third-order valence-electron chi connectivity index (χ3n) is 4.06. The van der Waals surface area contributed by atoms with Gasteiger partial charge in [0.05, 0.1) is 13.7 Å². The largest absolute Gasteiger partial charge is 0.493 e. The summed E-state index contributed by atoms with van der Waals surface area (Å²) in [6.07, 6.45) is 0. The molecule has 0 saturated heterocycles. The first kappa shape index (κ1) is 19.9. The van der Waals surface area contributed by atoms with Crippen molar-refractivity contribution in [1.82, 2.24) is 10.3 Å². The number of para-hydroxylation sites is 2. The molecule has 1 heterocycles. The molecule has 3 rings (SSSR count). The summed E-state index contributed by atoms with van der Waals surface area (Å²) < 4.78 is 15.7. The van der Waals surface area contributed by atoms with Crippen molar-refractivity contribution in [2.45, 2.75) is 0 Å². The van der Waals surface area contributed by atoms with E-state index in [1.807, 2.05) is 12.1 Å². The van der Waals surface area contributed by atoms with Crippen LogP contribution < -0.4 is 20.3 Å². The fourth-order valence-corrected chi connectivity index (χ4v) is 2.67. The molecule has 2 aromatic carbocycles. The standard InChI is InChI=1S/C21H20N2O6/c1-27-17-8-4-5-9-18(17)28-11-10-22-19(24)13-29-21(26)16-12-14-6-2-3-7-15(14)20(25)23-16/h2-9,12H,10-11,13H2,1H3,(H,22,24)(H,23,25). The molecule has 0 atom stereocenters. The quantitative estimate of drug-likeness (QED) is 0.445. The summed E-state index contributed by atoms with van der Waals surface area (Å²) in [5.41, 5.74) is -0.408. The molecule has 0 unspecified atom stereocenters. The molecule has 0 spiro atoms. The third-order valence-corrected chi connectivity index (χ3v) is 4.06. The summed E-state index contributed by atoms with van der Waals surface area (Å²) in [7, 11) is 1.54. The number of fused-ring (bicyclic) bond motifs is 1. The molecule has 8 nitrogen and oxygen atoms in total. The van der Waals surface area contributed by atoms with E-state index >= 15 is 0 Å². The number of benzene rings is 2. The highest BCUT2D eigenvalue weighted by atomic mass is 16.5. The summed E-state index contributed by atoms with van der Waals surface area (Å²) in [6.45, 7) is -0.0261. The first-order chi connectivity index (χ1) is 14.1. The molecule has 0 radical (unpaired) electrons. The van der Waals surface area contributed by atoms with Crippen molar-refractivity contribution in [1.29, 1.82) is 0 Å². The van der Waals surface area contributed by atoms with Crippen LogP contribution in [0.25, 0.3) is 10.8 Å². The van der Waals surface area contributed by atoms with E-state index in [4.69, 9.17) is 14.2 Å². The highest BCUT2D eigenvalue weighted by Crippen LogP contribution is 2.25. The second-order valence-corrected chi connectivity index (χ2v) is 6.02. The first-order valence-electron chi connectivity index (χ1n) is 8.90. The summed E-state index contributed by atoms with van der Waals surface area (Å²) >= 11 is 0. The number of ether oxygens (including phenoxy) is 3. The molecule has 0 fully saturated rings. The lowest BCUT2D eigenvalue weighted by molar-refractivity contribution is -0.124. The van der Waals surface area contributed by atoms with Crippen LogP contribution in [0.2, 0.25) is 0 Å². The van der Waals surface area contributed by atoms with E-state index in [2.05, 4.69) is 10.3 Å². The van der Waals surface area contributed by atoms with E-state index in [1.165, 1.54) is 6.07 Å². The fourth-order valence-electron chi connectivity index (χ4n) is 2.67. The van der Waals surface area contributed by atoms with Gasteiger partial charge < -0.3 is 24.5 Å². The summed E-state index contributed by atoms with van der Waals surface area (Å²) in [6, 6.07) is 15.5. The molecule has 0 aliphatic heterocycles. The minimum absolute atomic E-state index is 0.0130. The molecule has 0 aliphatic carbocycles. The third kappa shape index (κ3) is 5.13. The zero-order chi connectivity index (χ0) is 20.6. The zero-order valence-corrected chi connectivity index (χ0v) is 15.8. The van der Waals surface area contributed by atoms with Gasteiger partial charge in [-0.1, -0.05) is 30.3 Å². The Labute approximate surface area is 166 Å². The van der Waals surface area contributed by atoms with Crippen molar-refractivity contribution in [2.24, 2.45) is 0 Å². The maximum Gasteiger partial charge on any atom is 0.355 e. The number of esters is 1. The Morgan fingerprint density at radius 2 is 1.76 bits per heavy atom. The summed E-state index contributed by atoms with van der Waals surface area (Å²) in [4.78, 5) is 38.4. The van der Waals surface area contributed by atoms with Crippen LogP contribution in [0, 0.1) is 0 Å². The lowest BCUT2D eigenvalue weighted by Crippen LogP contribution is -2.32. The highest BCUT2D eigenvalue weighted by Gasteiger charge is 2.13. The number of aromatic amines is 1. The van der Waals surface area contributed by atoms with E-state index < -0.39 is 24.0 Å². The van der Waals surface area contributed by atoms with E-state index in [0.29, 0.717) is 22.3 Å². The van der Waals surface area contributed by atoms with Gasteiger partial charge in [-0.15, -0.1) is 0 Å². The van der Waals surface area contributed by atoms with Gasteiger partial charge in [0, 0.05) is 5.39 Å². The number of hydrogen-bond acceptors (Lipinski definition) is 6. The molecule has 1 aromatic heterocycles. The van der Waals surface area contributed by atoms with Gasteiger partial charge >= 0.3 is 5.97 Å². The molecular formula is C21H20N2O6. The van der Waals surface area contributed by atoms with Gasteiger partial charge in [0.15, 0.2) is 18.1 Å². The van der Waals surface area contributed by atoms with Crippen molar-refractivity contribution >= 4 is 22.6 Å². The molecule has 8 heteroatoms. The first-order valence-corrected chi connectivity index (χ1v) is 8.90. The molecular weight excluding hydrogens is 376 g/mol.